The van der Waals surface area contributed by atoms with E-state index in [1.165, 1.54) is 12.1 Å². The van der Waals surface area contributed by atoms with Crippen LogP contribution in [0.1, 0.15) is 22.3 Å². The topological polar surface area (TPSA) is 97.3 Å². The molecule has 2 aliphatic heterocycles. The summed E-state index contributed by atoms with van der Waals surface area (Å²) in [6, 6.07) is 17.4. The molecule has 4 N–H and O–H groups in total. The Morgan fingerprint density at radius 1 is 0.808 bits per heavy atom. The zero-order valence-electron chi connectivity index (χ0n) is 13.5. The van der Waals surface area contributed by atoms with Crippen LogP contribution in [0.2, 0.25) is 0 Å². The number of phenols is 2. The molecular formula is C20H14N2O4. The summed E-state index contributed by atoms with van der Waals surface area (Å²) in [4.78, 5) is 0. The van der Waals surface area contributed by atoms with E-state index >= 15 is 0 Å². The molecule has 0 amide bonds. The first-order chi connectivity index (χ1) is 12.6. The number of benzene rings is 3. The first-order valence-electron chi connectivity index (χ1n) is 8.05. The smallest absolute Gasteiger partial charge is 0.239 e. The van der Waals surface area contributed by atoms with E-state index in [0.29, 0.717) is 17.4 Å². The average Bonchev–Trinajstić information content (AvgIpc) is 2.97. The molecule has 2 aliphatic rings. The third kappa shape index (κ3) is 1.73. The molecule has 3 aromatic rings. The van der Waals surface area contributed by atoms with Gasteiger partial charge in [0.1, 0.15) is 23.0 Å². The Bertz CT molecular complexity index is 1040. The van der Waals surface area contributed by atoms with Gasteiger partial charge in [0.15, 0.2) is 5.60 Å². The Morgan fingerprint density at radius 3 is 2.04 bits per heavy atom. The molecule has 0 aliphatic carbocycles. The van der Waals surface area contributed by atoms with Crippen LogP contribution in [0.25, 0.3) is 0 Å². The van der Waals surface area contributed by atoms with Gasteiger partial charge < -0.3 is 25.5 Å². The predicted octanol–water partition coefficient (Wildman–Crippen LogP) is 3.15. The zero-order chi connectivity index (χ0) is 17.9. The predicted molar refractivity (Wildman–Crippen MR) is 94.4 cm³/mol. The molecule has 0 saturated heterocycles. The molecule has 0 radical (unpaired) electrons. The van der Waals surface area contributed by atoms with Crippen molar-refractivity contribution >= 4 is 5.90 Å². The summed E-state index contributed by atoms with van der Waals surface area (Å²) in [5.74, 6) is 6.92. The lowest BCUT2D eigenvalue weighted by Crippen LogP contribution is -2.33. The second-order valence-electron chi connectivity index (χ2n) is 6.23. The minimum Gasteiger partial charge on any atom is -0.508 e. The van der Waals surface area contributed by atoms with E-state index in [1.807, 2.05) is 24.3 Å². The number of nitrogens with zero attached hydrogens (tertiary/aromatic N) is 1. The van der Waals surface area contributed by atoms with Gasteiger partial charge in [0.2, 0.25) is 5.90 Å². The molecule has 0 aromatic heterocycles. The van der Waals surface area contributed by atoms with Crippen molar-refractivity contribution in [2.45, 2.75) is 5.60 Å². The number of hydrogen-bond donors (Lipinski definition) is 3. The number of phenolic OH excluding ortho intramolecular Hbond substituents is 2. The highest BCUT2D eigenvalue weighted by Crippen LogP contribution is 2.56. The molecule has 26 heavy (non-hydrogen) atoms. The molecule has 0 saturated carbocycles. The fourth-order valence-electron chi connectivity index (χ4n) is 3.76. The largest absolute Gasteiger partial charge is 0.508 e. The van der Waals surface area contributed by atoms with Crippen LogP contribution in [-0.2, 0) is 10.3 Å². The first-order valence-corrected chi connectivity index (χ1v) is 8.05. The van der Waals surface area contributed by atoms with Gasteiger partial charge in [0.25, 0.3) is 0 Å². The average molecular weight is 346 g/mol. The van der Waals surface area contributed by atoms with Crippen LogP contribution < -0.4 is 10.6 Å². The molecule has 0 atom stereocenters. The van der Waals surface area contributed by atoms with Crippen molar-refractivity contribution in [1.82, 2.24) is 0 Å². The van der Waals surface area contributed by atoms with Crippen molar-refractivity contribution in [2.24, 2.45) is 10.9 Å². The zero-order valence-corrected chi connectivity index (χ0v) is 13.5. The van der Waals surface area contributed by atoms with E-state index in [9.17, 15) is 10.2 Å². The van der Waals surface area contributed by atoms with Gasteiger partial charge in [-0.1, -0.05) is 18.2 Å². The highest BCUT2D eigenvalue weighted by Gasteiger charge is 2.52. The van der Waals surface area contributed by atoms with Crippen molar-refractivity contribution in [3.8, 4) is 23.0 Å². The summed E-state index contributed by atoms with van der Waals surface area (Å²) >= 11 is 0. The van der Waals surface area contributed by atoms with Gasteiger partial charge in [-0.15, -0.1) is 5.10 Å². The normalized spacial score (nSPS) is 17.2. The Hall–Kier alpha value is -3.67. The van der Waals surface area contributed by atoms with Crippen LogP contribution in [0.3, 0.4) is 0 Å². The molecule has 0 unspecified atom stereocenters. The van der Waals surface area contributed by atoms with Crippen LogP contribution in [0, 0.1) is 0 Å². The summed E-state index contributed by atoms with van der Waals surface area (Å²) in [5, 5.41) is 23.6. The van der Waals surface area contributed by atoms with Gasteiger partial charge in [-0.3, -0.25) is 0 Å². The van der Waals surface area contributed by atoms with Crippen LogP contribution in [-0.4, -0.2) is 16.1 Å². The van der Waals surface area contributed by atoms with Crippen LogP contribution in [0.4, 0.5) is 0 Å². The Morgan fingerprint density at radius 2 is 1.42 bits per heavy atom. The van der Waals surface area contributed by atoms with Gasteiger partial charge in [0.05, 0.1) is 0 Å². The molecule has 0 fully saturated rings. The van der Waals surface area contributed by atoms with Crippen molar-refractivity contribution in [1.29, 1.82) is 0 Å². The lowest BCUT2D eigenvalue weighted by atomic mass is 9.77. The second-order valence-corrected chi connectivity index (χ2v) is 6.23. The number of fused-ring (bicyclic) bond motifs is 6. The maximum absolute atomic E-state index is 9.90. The summed E-state index contributed by atoms with van der Waals surface area (Å²) in [6.45, 7) is 0. The van der Waals surface area contributed by atoms with Crippen LogP contribution in [0.15, 0.2) is 65.8 Å². The van der Waals surface area contributed by atoms with Crippen LogP contribution in [0.5, 0.6) is 23.0 Å². The molecule has 3 aromatic carbocycles. The lowest BCUT2D eigenvalue weighted by Gasteiger charge is -2.36. The highest BCUT2D eigenvalue weighted by atomic mass is 16.5. The Balaban J connectivity index is 1.91. The number of nitrogens with two attached hydrogens (primary N) is 1. The van der Waals surface area contributed by atoms with E-state index in [2.05, 4.69) is 5.10 Å². The number of hydrazone groups is 1. The summed E-state index contributed by atoms with van der Waals surface area (Å²) in [5.41, 5.74) is 2.07. The maximum atomic E-state index is 9.90. The van der Waals surface area contributed by atoms with Gasteiger partial charge in [-0.2, -0.15) is 0 Å². The van der Waals surface area contributed by atoms with E-state index < -0.39 is 5.60 Å². The monoisotopic (exact) mass is 346 g/mol. The molecule has 6 heteroatoms. The standard InChI is InChI=1S/C20H14N2O4/c21-22-19-13-3-1-2-4-14(13)20(26-19)15-7-5-11(23)9-17(15)25-18-10-12(24)6-8-16(18)20/h1-10,23-24H,21H2/b22-19+. The summed E-state index contributed by atoms with van der Waals surface area (Å²) in [7, 11) is 0. The van der Waals surface area contributed by atoms with Crippen molar-refractivity contribution in [3.63, 3.8) is 0 Å². The third-order valence-corrected chi connectivity index (χ3v) is 4.81. The first kappa shape index (κ1) is 14.7. The molecule has 5 rings (SSSR count). The molecule has 1 spiro atoms. The summed E-state index contributed by atoms with van der Waals surface area (Å²) < 4.78 is 12.3. The lowest BCUT2D eigenvalue weighted by molar-refractivity contribution is 0.143. The van der Waals surface area contributed by atoms with Gasteiger partial charge in [-0.05, 0) is 30.3 Å². The minimum atomic E-state index is -1.03. The van der Waals surface area contributed by atoms with Crippen LogP contribution >= 0.6 is 0 Å². The van der Waals surface area contributed by atoms with E-state index in [4.69, 9.17) is 15.3 Å². The minimum absolute atomic E-state index is 0.0708. The summed E-state index contributed by atoms with van der Waals surface area (Å²) in [6.07, 6.45) is 0. The van der Waals surface area contributed by atoms with E-state index in [0.717, 1.165) is 22.3 Å². The SMILES string of the molecule is N/N=C1/OC2(c3ccc(O)cc3Oc3cc(O)ccc32)c2ccccc21. The number of rotatable bonds is 0. The number of hydrogen-bond acceptors (Lipinski definition) is 6. The van der Waals surface area contributed by atoms with Gasteiger partial charge in [-0.25, -0.2) is 0 Å². The molecule has 0 bridgehead atoms. The fraction of sp³-hybridized carbons (Fsp3) is 0.0500. The van der Waals surface area contributed by atoms with E-state index in [1.54, 1.807) is 24.3 Å². The van der Waals surface area contributed by atoms with Crippen molar-refractivity contribution in [2.75, 3.05) is 0 Å². The fourth-order valence-corrected chi connectivity index (χ4v) is 3.76. The second kappa shape index (κ2) is 4.92. The third-order valence-electron chi connectivity index (χ3n) is 4.81. The van der Waals surface area contributed by atoms with Gasteiger partial charge >= 0.3 is 0 Å². The Kier molecular flexibility index (Phi) is 2.77. The Labute approximate surface area is 148 Å². The molecule has 6 nitrogen and oxygen atoms in total. The highest BCUT2D eigenvalue weighted by molar-refractivity contribution is 6.00. The molecule has 2 heterocycles. The molecule has 128 valence electrons. The van der Waals surface area contributed by atoms with Crippen molar-refractivity contribution in [3.05, 3.63) is 82.9 Å². The number of ether oxygens (including phenoxy) is 2. The maximum Gasteiger partial charge on any atom is 0.239 e. The van der Waals surface area contributed by atoms with Gasteiger partial charge in [0, 0.05) is 34.4 Å². The quantitative estimate of drug-likeness (QED) is 0.429. The number of aromatic hydroxyl groups is 2. The van der Waals surface area contributed by atoms with E-state index in [-0.39, 0.29) is 11.5 Å². The molecular weight excluding hydrogens is 332 g/mol. The van der Waals surface area contributed by atoms with Crippen molar-refractivity contribution < 1.29 is 19.7 Å².